The van der Waals surface area contributed by atoms with Gasteiger partial charge < -0.3 is 4.74 Å². The molecule has 0 saturated heterocycles. The summed E-state index contributed by atoms with van der Waals surface area (Å²) in [5.74, 6) is -0.243. The van der Waals surface area contributed by atoms with Crippen molar-refractivity contribution < 1.29 is 9.13 Å². The summed E-state index contributed by atoms with van der Waals surface area (Å²) in [6, 6.07) is 6.64. The van der Waals surface area contributed by atoms with E-state index in [0.29, 0.717) is 17.5 Å². The first-order valence-electron chi connectivity index (χ1n) is 4.33. The maximum Gasteiger partial charge on any atom is 0.132 e. The first-order valence-corrected chi connectivity index (χ1v) is 4.33. The lowest BCUT2D eigenvalue weighted by atomic mass is 10.1. The van der Waals surface area contributed by atoms with Gasteiger partial charge in [0.15, 0.2) is 0 Å². The molecule has 0 saturated carbocycles. The Morgan fingerprint density at radius 3 is 3.07 bits per heavy atom. The SMILES string of the molecule is COCc1cnc2cccc(F)c2c1. The molecule has 2 nitrogen and oxygen atoms in total. The van der Waals surface area contributed by atoms with Gasteiger partial charge in [-0.2, -0.15) is 0 Å². The van der Waals surface area contributed by atoms with E-state index in [0.717, 1.165) is 5.56 Å². The van der Waals surface area contributed by atoms with Crippen LogP contribution in [0.5, 0.6) is 0 Å². The van der Waals surface area contributed by atoms with Crippen LogP contribution in [0.4, 0.5) is 4.39 Å². The predicted octanol–water partition coefficient (Wildman–Crippen LogP) is 2.52. The third kappa shape index (κ3) is 1.59. The topological polar surface area (TPSA) is 22.1 Å². The van der Waals surface area contributed by atoms with Crippen molar-refractivity contribution in [2.45, 2.75) is 6.61 Å². The van der Waals surface area contributed by atoms with E-state index in [-0.39, 0.29) is 5.82 Å². The number of hydrogen-bond donors (Lipinski definition) is 0. The van der Waals surface area contributed by atoms with Crippen LogP contribution in [0.15, 0.2) is 30.5 Å². The molecule has 2 aromatic rings. The summed E-state index contributed by atoms with van der Waals surface area (Å²) in [5.41, 5.74) is 1.55. The van der Waals surface area contributed by atoms with Crippen LogP contribution in [0, 0.1) is 5.82 Å². The van der Waals surface area contributed by atoms with Gasteiger partial charge in [-0.1, -0.05) is 6.07 Å². The number of hydrogen-bond acceptors (Lipinski definition) is 2. The molecule has 0 aliphatic rings. The maximum atomic E-state index is 13.3. The first-order chi connectivity index (χ1) is 6.81. The highest BCUT2D eigenvalue weighted by molar-refractivity contribution is 5.79. The Balaban J connectivity index is 2.58. The van der Waals surface area contributed by atoms with Gasteiger partial charge >= 0.3 is 0 Å². The third-order valence-corrected chi connectivity index (χ3v) is 2.04. The Kier molecular flexibility index (Phi) is 2.41. The van der Waals surface area contributed by atoms with Gasteiger partial charge in [0, 0.05) is 18.7 Å². The molecule has 14 heavy (non-hydrogen) atoms. The molecule has 0 aliphatic heterocycles. The Bertz CT molecular complexity index is 456. The molecule has 0 unspecified atom stereocenters. The first kappa shape index (κ1) is 9.09. The number of methoxy groups -OCH3 is 1. The van der Waals surface area contributed by atoms with E-state index in [2.05, 4.69) is 4.98 Å². The second kappa shape index (κ2) is 3.72. The lowest BCUT2D eigenvalue weighted by Gasteiger charge is -2.02. The number of halogens is 1. The van der Waals surface area contributed by atoms with Gasteiger partial charge in [0.1, 0.15) is 5.82 Å². The molecule has 0 fully saturated rings. The fraction of sp³-hybridized carbons (Fsp3) is 0.182. The van der Waals surface area contributed by atoms with Crippen molar-refractivity contribution in [3.05, 3.63) is 41.8 Å². The molecular formula is C11H10FNO. The van der Waals surface area contributed by atoms with Crippen LogP contribution in [0.2, 0.25) is 0 Å². The van der Waals surface area contributed by atoms with Crippen molar-refractivity contribution in [3.63, 3.8) is 0 Å². The average Bonchev–Trinajstić information content (AvgIpc) is 2.20. The lowest BCUT2D eigenvalue weighted by Crippen LogP contribution is -1.90. The van der Waals surface area contributed by atoms with Crippen molar-refractivity contribution in [3.8, 4) is 0 Å². The van der Waals surface area contributed by atoms with E-state index in [1.165, 1.54) is 6.07 Å². The molecular weight excluding hydrogens is 181 g/mol. The number of ether oxygens (including phenoxy) is 1. The van der Waals surface area contributed by atoms with E-state index in [1.54, 1.807) is 31.5 Å². The molecule has 0 amide bonds. The van der Waals surface area contributed by atoms with Crippen LogP contribution in [-0.4, -0.2) is 12.1 Å². The smallest absolute Gasteiger partial charge is 0.132 e. The highest BCUT2D eigenvalue weighted by atomic mass is 19.1. The molecule has 3 heteroatoms. The molecule has 0 atom stereocenters. The van der Waals surface area contributed by atoms with Gasteiger partial charge in [-0.3, -0.25) is 4.98 Å². The average molecular weight is 191 g/mol. The van der Waals surface area contributed by atoms with Gasteiger partial charge in [-0.05, 0) is 23.8 Å². The maximum absolute atomic E-state index is 13.3. The zero-order valence-corrected chi connectivity index (χ0v) is 7.83. The molecule has 2 rings (SSSR count). The highest BCUT2D eigenvalue weighted by Crippen LogP contribution is 2.16. The number of benzene rings is 1. The van der Waals surface area contributed by atoms with Gasteiger partial charge in [0.05, 0.1) is 12.1 Å². The number of pyridine rings is 1. The van der Waals surface area contributed by atoms with Crippen LogP contribution in [0.3, 0.4) is 0 Å². The summed E-state index contributed by atoms with van der Waals surface area (Å²) in [6.07, 6.45) is 1.70. The fourth-order valence-corrected chi connectivity index (χ4v) is 1.40. The largest absolute Gasteiger partial charge is 0.380 e. The minimum atomic E-state index is -0.243. The third-order valence-electron chi connectivity index (χ3n) is 2.04. The summed E-state index contributed by atoms with van der Waals surface area (Å²) in [7, 11) is 1.60. The molecule has 72 valence electrons. The van der Waals surface area contributed by atoms with Crippen LogP contribution < -0.4 is 0 Å². The molecule has 0 spiro atoms. The molecule has 1 aromatic carbocycles. The summed E-state index contributed by atoms with van der Waals surface area (Å²) in [6.45, 7) is 0.456. The fourth-order valence-electron chi connectivity index (χ4n) is 1.40. The monoisotopic (exact) mass is 191 g/mol. The van der Waals surface area contributed by atoms with Crippen LogP contribution in [0.1, 0.15) is 5.56 Å². The minimum absolute atomic E-state index is 0.243. The second-order valence-corrected chi connectivity index (χ2v) is 3.08. The standard InChI is InChI=1S/C11H10FNO/c1-14-7-8-5-9-10(12)3-2-4-11(9)13-6-8/h2-6H,7H2,1H3. The van der Waals surface area contributed by atoms with Crippen molar-refractivity contribution in [2.75, 3.05) is 7.11 Å². The minimum Gasteiger partial charge on any atom is -0.380 e. The normalized spacial score (nSPS) is 10.7. The number of aromatic nitrogens is 1. The van der Waals surface area contributed by atoms with E-state index < -0.39 is 0 Å². The summed E-state index contributed by atoms with van der Waals surface area (Å²) >= 11 is 0. The molecule has 0 N–H and O–H groups in total. The summed E-state index contributed by atoms with van der Waals surface area (Å²) in [5, 5.41) is 0.544. The van der Waals surface area contributed by atoms with Crippen molar-refractivity contribution in [1.82, 2.24) is 4.98 Å². The van der Waals surface area contributed by atoms with Crippen molar-refractivity contribution in [2.24, 2.45) is 0 Å². The number of fused-ring (bicyclic) bond motifs is 1. The van der Waals surface area contributed by atoms with Crippen molar-refractivity contribution >= 4 is 10.9 Å². The Morgan fingerprint density at radius 2 is 2.29 bits per heavy atom. The zero-order valence-electron chi connectivity index (χ0n) is 7.83. The Hall–Kier alpha value is -1.48. The quantitative estimate of drug-likeness (QED) is 0.727. The molecule has 0 radical (unpaired) electrons. The van der Waals surface area contributed by atoms with Crippen LogP contribution in [0.25, 0.3) is 10.9 Å². The second-order valence-electron chi connectivity index (χ2n) is 3.08. The van der Waals surface area contributed by atoms with Crippen LogP contribution >= 0.6 is 0 Å². The van der Waals surface area contributed by atoms with E-state index in [9.17, 15) is 4.39 Å². The predicted molar refractivity (Wildman–Crippen MR) is 52.4 cm³/mol. The zero-order chi connectivity index (χ0) is 9.97. The van der Waals surface area contributed by atoms with E-state index in [1.807, 2.05) is 0 Å². The molecule has 0 bridgehead atoms. The van der Waals surface area contributed by atoms with E-state index >= 15 is 0 Å². The summed E-state index contributed by atoms with van der Waals surface area (Å²) < 4.78 is 18.3. The highest BCUT2D eigenvalue weighted by Gasteiger charge is 2.01. The van der Waals surface area contributed by atoms with Gasteiger partial charge in [0.25, 0.3) is 0 Å². The van der Waals surface area contributed by atoms with Gasteiger partial charge in [0.2, 0.25) is 0 Å². The molecule has 1 aromatic heterocycles. The molecule has 0 aliphatic carbocycles. The molecule has 1 heterocycles. The Morgan fingerprint density at radius 1 is 1.43 bits per heavy atom. The summed E-state index contributed by atoms with van der Waals surface area (Å²) in [4.78, 5) is 4.14. The number of rotatable bonds is 2. The Labute approximate surface area is 81.3 Å². The van der Waals surface area contributed by atoms with Crippen LogP contribution in [-0.2, 0) is 11.3 Å². The van der Waals surface area contributed by atoms with Gasteiger partial charge in [-0.15, -0.1) is 0 Å². The van der Waals surface area contributed by atoms with Crippen molar-refractivity contribution in [1.29, 1.82) is 0 Å². The number of nitrogens with zero attached hydrogens (tertiary/aromatic N) is 1. The lowest BCUT2D eigenvalue weighted by molar-refractivity contribution is 0.184. The van der Waals surface area contributed by atoms with Gasteiger partial charge in [-0.25, -0.2) is 4.39 Å². The van der Waals surface area contributed by atoms with E-state index in [4.69, 9.17) is 4.74 Å².